The normalized spacial score (nSPS) is 21.4. The predicted molar refractivity (Wildman–Crippen MR) is 92.3 cm³/mol. The number of alkyl halides is 3. The lowest BCUT2D eigenvalue weighted by atomic mass is 10.1. The standard InChI is InChI=1S/C17H15F4N3O5S/c1-8-5-28-13-3-9(14-22-16(29-23-14)17(19,20)21)2-12(18)11(13)4-24(8)15(25)10-6-30(26,27)7-10/h2-3,8,10H,4-7H2,1H3/t8-/m0/s1. The summed E-state index contributed by atoms with van der Waals surface area (Å²) in [7, 11) is -3.21. The van der Waals surface area contributed by atoms with Crippen LogP contribution in [0.15, 0.2) is 16.7 Å². The third-order valence-corrected chi connectivity index (χ3v) is 6.78. The fourth-order valence-electron chi connectivity index (χ4n) is 3.34. The first kappa shape index (κ1) is 20.6. The van der Waals surface area contributed by atoms with E-state index in [1.807, 2.05) is 0 Å². The molecule has 2 aliphatic heterocycles. The summed E-state index contributed by atoms with van der Waals surface area (Å²) in [4.78, 5) is 17.3. The highest BCUT2D eigenvalue weighted by atomic mass is 32.2. The zero-order valence-corrected chi connectivity index (χ0v) is 16.3. The van der Waals surface area contributed by atoms with Gasteiger partial charge in [-0.1, -0.05) is 5.16 Å². The number of hydrogen-bond acceptors (Lipinski definition) is 7. The number of halogens is 4. The zero-order chi connectivity index (χ0) is 21.8. The molecule has 1 aromatic carbocycles. The van der Waals surface area contributed by atoms with Crippen LogP contribution in [0.5, 0.6) is 5.75 Å². The van der Waals surface area contributed by atoms with Crippen molar-refractivity contribution in [3.05, 3.63) is 29.4 Å². The van der Waals surface area contributed by atoms with E-state index in [4.69, 9.17) is 4.74 Å². The number of hydrogen-bond donors (Lipinski definition) is 0. The summed E-state index contributed by atoms with van der Waals surface area (Å²) >= 11 is 0. The molecule has 4 rings (SSSR count). The number of carbonyl (C=O) groups is 1. The number of rotatable bonds is 2. The Hall–Kier alpha value is -2.70. The van der Waals surface area contributed by atoms with E-state index in [0.29, 0.717) is 0 Å². The molecule has 0 N–H and O–H groups in total. The van der Waals surface area contributed by atoms with Gasteiger partial charge < -0.3 is 14.2 Å². The van der Waals surface area contributed by atoms with Gasteiger partial charge in [0.1, 0.15) is 18.2 Å². The van der Waals surface area contributed by atoms with Gasteiger partial charge in [0.2, 0.25) is 11.7 Å². The average molecular weight is 449 g/mol. The van der Waals surface area contributed by atoms with E-state index >= 15 is 0 Å². The van der Waals surface area contributed by atoms with Crippen LogP contribution in [0.2, 0.25) is 0 Å². The van der Waals surface area contributed by atoms with Crippen LogP contribution >= 0.6 is 0 Å². The molecule has 30 heavy (non-hydrogen) atoms. The number of aromatic nitrogens is 2. The van der Waals surface area contributed by atoms with Gasteiger partial charge in [0, 0.05) is 11.1 Å². The molecule has 1 fully saturated rings. The van der Waals surface area contributed by atoms with Crippen LogP contribution in [0.3, 0.4) is 0 Å². The number of amides is 1. The zero-order valence-electron chi connectivity index (χ0n) is 15.4. The number of benzene rings is 1. The van der Waals surface area contributed by atoms with E-state index in [0.717, 1.165) is 6.07 Å². The first-order valence-corrected chi connectivity index (χ1v) is 10.6. The van der Waals surface area contributed by atoms with Gasteiger partial charge >= 0.3 is 12.1 Å². The minimum Gasteiger partial charge on any atom is -0.491 e. The molecule has 1 amide bonds. The van der Waals surface area contributed by atoms with Gasteiger partial charge in [-0.3, -0.25) is 4.79 Å². The van der Waals surface area contributed by atoms with Crippen LogP contribution in [0.25, 0.3) is 11.4 Å². The van der Waals surface area contributed by atoms with E-state index in [1.165, 1.54) is 11.0 Å². The van der Waals surface area contributed by atoms with Crippen molar-refractivity contribution in [2.45, 2.75) is 25.7 Å². The predicted octanol–water partition coefficient (Wildman–Crippen LogP) is 2.05. The molecule has 1 atom stereocenters. The van der Waals surface area contributed by atoms with Crippen LogP contribution in [0, 0.1) is 11.7 Å². The number of carbonyl (C=O) groups excluding carboxylic acids is 1. The summed E-state index contributed by atoms with van der Waals surface area (Å²) in [5, 5.41) is 3.23. The summed E-state index contributed by atoms with van der Waals surface area (Å²) < 4.78 is 85.3. The summed E-state index contributed by atoms with van der Waals surface area (Å²) in [5.74, 6) is -4.40. The molecular formula is C17H15F4N3O5S. The third-order valence-electron chi connectivity index (χ3n) is 4.96. The molecule has 2 aliphatic rings. The second-order valence-corrected chi connectivity index (χ2v) is 9.41. The molecule has 0 spiro atoms. The second-order valence-electron chi connectivity index (χ2n) is 7.26. The highest BCUT2D eigenvalue weighted by Gasteiger charge is 2.43. The minimum absolute atomic E-state index is 0.0127. The van der Waals surface area contributed by atoms with Crippen molar-refractivity contribution in [3.8, 4) is 17.1 Å². The highest BCUT2D eigenvalue weighted by molar-refractivity contribution is 7.92. The Bertz CT molecular complexity index is 1100. The third kappa shape index (κ3) is 3.73. The Labute approximate surface area is 167 Å². The molecule has 0 aliphatic carbocycles. The van der Waals surface area contributed by atoms with Gasteiger partial charge in [0.25, 0.3) is 0 Å². The Morgan fingerprint density at radius 3 is 2.57 bits per heavy atom. The van der Waals surface area contributed by atoms with Crippen LogP contribution < -0.4 is 4.74 Å². The van der Waals surface area contributed by atoms with Crippen molar-refractivity contribution in [3.63, 3.8) is 0 Å². The topological polar surface area (TPSA) is 103 Å². The Morgan fingerprint density at radius 1 is 1.27 bits per heavy atom. The fraction of sp³-hybridized carbons (Fsp3) is 0.471. The highest BCUT2D eigenvalue weighted by Crippen LogP contribution is 2.35. The molecule has 1 saturated heterocycles. The van der Waals surface area contributed by atoms with E-state index < -0.39 is 51.4 Å². The van der Waals surface area contributed by atoms with E-state index in [2.05, 4.69) is 14.7 Å². The van der Waals surface area contributed by atoms with Gasteiger partial charge in [0.15, 0.2) is 9.84 Å². The fourth-order valence-corrected chi connectivity index (χ4v) is 4.76. The Kier molecular flexibility index (Phi) is 4.75. The largest absolute Gasteiger partial charge is 0.491 e. The molecule has 13 heteroatoms. The first-order valence-electron chi connectivity index (χ1n) is 8.82. The molecule has 2 aromatic rings. The molecule has 0 saturated carbocycles. The number of ether oxygens (including phenoxy) is 1. The number of sulfone groups is 1. The lowest BCUT2D eigenvalue weighted by Gasteiger charge is -2.33. The molecule has 1 aromatic heterocycles. The summed E-state index contributed by atoms with van der Waals surface area (Å²) in [6.45, 7) is 1.49. The molecule has 0 bridgehead atoms. The maximum absolute atomic E-state index is 14.8. The smallest absolute Gasteiger partial charge is 0.471 e. The van der Waals surface area contributed by atoms with E-state index in [-0.39, 0.29) is 41.5 Å². The molecule has 8 nitrogen and oxygen atoms in total. The molecule has 0 unspecified atom stereocenters. The second kappa shape index (κ2) is 6.93. The first-order chi connectivity index (χ1) is 13.9. The van der Waals surface area contributed by atoms with Crippen molar-refractivity contribution >= 4 is 15.7 Å². The van der Waals surface area contributed by atoms with Crippen LogP contribution in [0.4, 0.5) is 17.6 Å². The van der Waals surface area contributed by atoms with Crippen molar-refractivity contribution in [2.24, 2.45) is 5.92 Å². The molecule has 3 heterocycles. The summed E-state index contributed by atoms with van der Waals surface area (Å²) in [6.07, 6.45) is -4.84. The molecule has 162 valence electrons. The molecular weight excluding hydrogens is 434 g/mol. The minimum atomic E-state index is -4.84. The van der Waals surface area contributed by atoms with Crippen molar-refractivity contribution in [1.29, 1.82) is 0 Å². The van der Waals surface area contributed by atoms with Crippen molar-refractivity contribution < 1.29 is 40.0 Å². The summed E-state index contributed by atoms with van der Waals surface area (Å²) in [5.41, 5.74) is -0.0545. The maximum Gasteiger partial charge on any atom is 0.471 e. The lowest BCUT2D eigenvalue weighted by molar-refractivity contribution is -0.159. The number of nitrogens with zero attached hydrogens (tertiary/aromatic N) is 3. The van der Waals surface area contributed by atoms with Gasteiger partial charge in [-0.25, -0.2) is 12.8 Å². The monoisotopic (exact) mass is 449 g/mol. The average Bonchev–Trinajstić information content (AvgIpc) is 3.07. The van der Waals surface area contributed by atoms with Crippen LogP contribution in [-0.2, 0) is 27.4 Å². The quantitative estimate of drug-likeness (QED) is 0.647. The SMILES string of the molecule is C[C@H]1COc2cc(-c3noc(C(F)(F)F)n3)cc(F)c2CN1C(=O)C1CS(=O)(=O)C1. The summed E-state index contributed by atoms with van der Waals surface area (Å²) in [6, 6.07) is 1.73. The van der Waals surface area contributed by atoms with Crippen molar-refractivity contribution in [2.75, 3.05) is 18.1 Å². The van der Waals surface area contributed by atoms with E-state index in [1.54, 1.807) is 6.92 Å². The van der Waals surface area contributed by atoms with Gasteiger partial charge in [0.05, 0.1) is 30.0 Å². The van der Waals surface area contributed by atoms with Gasteiger partial charge in [-0.15, -0.1) is 0 Å². The Balaban J connectivity index is 1.63. The van der Waals surface area contributed by atoms with E-state index in [9.17, 15) is 30.8 Å². The maximum atomic E-state index is 14.8. The van der Waals surface area contributed by atoms with Crippen LogP contribution in [0.1, 0.15) is 18.4 Å². The van der Waals surface area contributed by atoms with Gasteiger partial charge in [-0.05, 0) is 19.1 Å². The Morgan fingerprint density at radius 2 is 1.97 bits per heavy atom. The lowest BCUT2D eigenvalue weighted by Crippen LogP contribution is -2.51. The van der Waals surface area contributed by atoms with Crippen LogP contribution in [-0.4, -0.2) is 53.5 Å². The number of fused-ring (bicyclic) bond motifs is 1. The van der Waals surface area contributed by atoms with Crippen molar-refractivity contribution in [1.82, 2.24) is 15.0 Å². The molecule has 0 radical (unpaired) electrons. The van der Waals surface area contributed by atoms with Gasteiger partial charge in [-0.2, -0.15) is 18.2 Å².